The van der Waals surface area contributed by atoms with Crippen molar-refractivity contribution in [3.63, 3.8) is 0 Å². The van der Waals surface area contributed by atoms with E-state index in [1.165, 1.54) is 0 Å². The fourth-order valence-electron chi connectivity index (χ4n) is 2.75. The van der Waals surface area contributed by atoms with Crippen LogP contribution in [0.15, 0.2) is 29.2 Å². The molecule has 2 rings (SSSR count). The van der Waals surface area contributed by atoms with E-state index in [1.807, 2.05) is 14.0 Å². The SMILES string of the molecule is CCN(C1CCCC1)S(=O)(=O)c1ccc(NC)cc1. The summed E-state index contributed by atoms with van der Waals surface area (Å²) in [4.78, 5) is 0.389. The van der Waals surface area contributed by atoms with Crippen molar-refractivity contribution in [3.05, 3.63) is 24.3 Å². The van der Waals surface area contributed by atoms with Crippen LogP contribution in [0.3, 0.4) is 0 Å². The van der Waals surface area contributed by atoms with Gasteiger partial charge in [-0.2, -0.15) is 4.31 Å². The van der Waals surface area contributed by atoms with E-state index in [-0.39, 0.29) is 6.04 Å². The summed E-state index contributed by atoms with van der Waals surface area (Å²) < 4.78 is 27.0. The topological polar surface area (TPSA) is 49.4 Å². The summed E-state index contributed by atoms with van der Waals surface area (Å²) in [5.41, 5.74) is 0.919. The molecular weight excluding hydrogens is 260 g/mol. The van der Waals surface area contributed by atoms with Crippen LogP contribution in [0.5, 0.6) is 0 Å². The van der Waals surface area contributed by atoms with Crippen molar-refractivity contribution in [2.75, 3.05) is 18.9 Å². The van der Waals surface area contributed by atoms with Gasteiger partial charge in [-0.1, -0.05) is 19.8 Å². The molecule has 5 heteroatoms. The van der Waals surface area contributed by atoms with Crippen molar-refractivity contribution < 1.29 is 8.42 Å². The molecule has 1 saturated carbocycles. The van der Waals surface area contributed by atoms with Crippen LogP contribution in [0.4, 0.5) is 5.69 Å². The summed E-state index contributed by atoms with van der Waals surface area (Å²) in [6, 6.07) is 7.14. The number of benzene rings is 1. The zero-order chi connectivity index (χ0) is 13.9. The molecular formula is C14H22N2O2S. The third-order valence-electron chi connectivity index (χ3n) is 3.79. The van der Waals surface area contributed by atoms with E-state index in [1.54, 1.807) is 28.6 Å². The molecule has 106 valence electrons. The van der Waals surface area contributed by atoms with Crippen molar-refractivity contribution in [2.45, 2.75) is 43.5 Å². The summed E-state index contributed by atoms with van der Waals surface area (Å²) in [6.45, 7) is 2.46. The van der Waals surface area contributed by atoms with Gasteiger partial charge in [0.15, 0.2) is 0 Å². The fraction of sp³-hybridized carbons (Fsp3) is 0.571. The van der Waals surface area contributed by atoms with Gasteiger partial charge < -0.3 is 5.32 Å². The first kappa shape index (κ1) is 14.3. The molecule has 0 bridgehead atoms. The molecule has 19 heavy (non-hydrogen) atoms. The van der Waals surface area contributed by atoms with Crippen LogP contribution >= 0.6 is 0 Å². The van der Waals surface area contributed by atoms with E-state index in [4.69, 9.17) is 0 Å². The lowest BCUT2D eigenvalue weighted by molar-refractivity contribution is 0.335. The predicted octanol–water partition coefficient (Wildman–Crippen LogP) is 2.68. The smallest absolute Gasteiger partial charge is 0.243 e. The van der Waals surface area contributed by atoms with Crippen molar-refractivity contribution in [1.82, 2.24) is 4.31 Å². The van der Waals surface area contributed by atoms with Crippen molar-refractivity contribution >= 4 is 15.7 Å². The van der Waals surface area contributed by atoms with Crippen LogP contribution in [0.2, 0.25) is 0 Å². The number of anilines is 1. The maximum atomic E-state index is 12.7. The molecule has 1 aromatic carbocycles. The lowest BCUT2D eigenvalue weighted by atomic mass is 10.2. The Kier molecular flexibility index (Phi) is 4.47. The molecule has 0 aliphatic heterocycles. The Morgan fingerprint density at radius 3 is 2.26 bits per heavy atom. The van der Waals surface area contributed by atoms with Gasteiger partial charge in [-0.3, -0.25) is 0 Å². The zero-order valence-corrected chi connectivity index (χ0v) is 12.4. The summed E-state index contributed by atoms with van der Waals surface area (Å²) in [7, 11) is -1.53. The summed E-state index contributed by atoms with van der Waals surface area (Å²) in [5, 5.41) is 3.00. The fourth-order valence-corrected chi connectivity index (χ4v) is 4.44. The molecule has 0 aromatic heterocycles. The van der Waals surface area contributed by atoms with Gasteiger partial charge >= 0.3 is 0 Å². The Balaban J connectivity index is 2.27. The second-order valence-electron chi connectivity index (χ2n) is 4.92. The molecule has 4 nitrogen and oxygen atoms in total. The molecule has 1 aromatic rings. The molecule has 1 N–H and O–H groups in total. The molecule has 1 aliphatic rings. The van der Waals surface area contributed by atoms with Crippen LogP contribution in [0, 0.1) is 0 Å². The van der Waals surface area contributed by atoms with Crippen molar-refractivity contribution in [3.8, 4) is 0 Å². The third kappa shape index (κ3) is 2.92. The number of rotatable bonds is 5. The Morgan fingerprint density at radius 1 is 1.21 bits per heavy atom. The van der Waals surface area contributed by atoms with Gasteiger partial charge in [0.2, 0.25) is 10.0 Å². The molecule has 0 radical (unpaired) electrons. The molecule has 1 aliphatic carbocycles. The minimum Gasteiger partial charge on any atom is -0.388 e. The van der Waals surface area contributed by atoms with Gasteiger partial charge in [-0.25, -0.2) is 8.42 Å². The van der Waals surface area contributed by atoms with Gasteiger partial charge in [-0.15, -0.1) is 0 Å². The van der Waals surface area contributed by atoms with E-state index >= 15 is 0 Å². The van der Waals surface area contributed by atoms with E-state index in [0.29, 0.717) is 11.4 Å². The number of hydrogen-bond donors (Lipinski definition) is 1. The molecule has 0 atom stereocenters. The van der Waals surface area contributed by atoms with Crippen LogP contribution in [0.1, 0.15) is 32.6 Å². The summed E-state index contributed by atoms with van der Waals surface area (Å²) >= 11 is 0. The van der Waals surface area contributed by atoms with Crippen LogP contribution in [-0.4, -0.2) is 32.4 Å². The lowest BCUT2D eigenvalue weighted by Gasteiger charge is -2.26. The van der Waals surface area contributed by atoms with E-state index < -0.39 is 10.0 Å². The normalized spacial score (nSPS) is 17.0. The third-order valence-corrected chi connectivity index (χ3v) is 5.83. The number of hydrogen-bond acceptors (Lipinski definition) is 3. The van der Waals surface area contributed by atoms with E-state index in [9.17, 15) is 8.42 Å². The Bertz CT molecular complexity index is 505. The van der Waals surface area contributed by atoms with Gasteiger partial charge in [-0.05, 0) is 37.1 Å². The zero-order valence-electron chi connectivity index (χ0n) is 11.6. The molecule has 0 amide bonds. The standard InChI is InChI=1S/C14H22N2O2S/c1-3-16(13-6-4-5-7-13)19(17,18)14-10-8-12(15-2)9-11-14/h8-11,13,15H,3-7H2,1-2H3. The highest BCUT2D eigenvalue weighted by molar-refractivity contribution is 7.89. The highest BCUT2D eigenvalue weighted by Gasteiger charge is 2.31. The van der Waals surface area contributed by atoms with Crippen molar-refractivity contribution in [1.29, 1.82) is 0 Å². The maximum Gasteiger partial charge on any atom is 0.243 e. The van der Waals surface area contributed by atoms with Crippen LogP contribution in [-0.2, 0) is 10.0 Å². The molecule has 0 saturated heterocycles. The van der Waals surface area contributed by atoms with Crippen molar-refractivity contribution in [2.24, 2.45) is 0 Å². The van der Waals surface area contributed by atoms with Gasteiger partial charge in [0.05, 0.1) is 4.90 Å². The molecule has 1 fully saturated rings. The highest BCUT2D eigenvalue weighted by atomic mass is 32.2. The predicted molar refractivity (Wildman–Crippen MR) is 77.8 cm³/mol. The highest BCUT2D eigenvalue weighted by Crippen LogP contribution is 2.28. The Hall–Kier alpha value is -1.07. The monoisotopic (exact) mass is 282 g/mol. The minimum atomic E-state index is -3.35. The largest absolute Gasteiger partial charge is 0.388 e. The molecule has 0 heterocycles. The Labute approximate surface area is 115 Å². The quantitative estimate of drug-likeness (QED) is 0.903. The second kappa shape index (κ2) is 5.92. The maximum absolute atomic E-state index is 12.7. The van der Waals surface area contributed by atoms with E-state index in [2.05, 4.69) is 5.32 Å². The first-order chi connectivity index (χ1) is 9.09. The summed E-state index contributed by atoms with van der Waals surface area (Å²) in [6.07, 6.45) is 4.24. The second-order valence-corrected chi connectivity index (χ2v) is 6.81. The van der Waals surface area contributed by atoms with E-state index in [0.717, 1.165) is 31.4 Å². The van der Waals surface area contributed by atoms with Gasteiger partial charge in [0, 0.05) is 25.3 Å². The Morgan fingerprint density at radius 2 is 1.79 bits per heavy atom. The molecule has 0 unspecified atom stereocenters. The first-order valence-electron chi connectivity index (χ1n) is 6.89. The van der Waals surface area contributed by atoms with Gasteiger partial charge in [0.1, 0.15) is 0 Å². The number of nitrogens with one attached hydrogen (secondary N) is 1. The molecule has 0 spiro atoms. The number of sulfonamides is 1. The minimum absolute atomic E-state index is 0.180. The lowest BCUT2D eigenvalue weighted by Crippen LogP contribution is -2.38. The van der Waals surface area contributed by atoms with Crippen LogP contribution < -0.4 is 5.32 Å². The van der Waals surface area contributed by atoms with Crippen LogP contribution in [0.25, 0.3) is 0 Å². The first-order valence-corrected chi connectivity index (χ1v) is 8.33. The number of nitrogens with zero attached hydrogens (tertiary/aromatic N) is 1. The average Bonchev–Trinajstić information content (AvgIpc) is 2.93. The van der Waals surface area contributed by atoms with Gasteiger partial charge in [0.25, 0.3) is 0 Å². The average molecular weight is 282 g/mol. The summed E-state index contributed by atoms with van der Waals surface area (Å²) in [5.74, 6) is 0.